The van der Waals surface area contributed by atoms with Gasteiger partial charge in [0.15, 0.2) is 5.13 Å². The topological polar surface area (TPSA) is 106 Å². The molecule has 2 N–H and O–H groups in total. The lowest BCUT2D eigenvalue weighted by atomic mass is 10.2. The first-order valence-corrected chi connectivity index (χ1v) is 10.8. The Bertz CT molecular complexity index is 1200. The van der Waals surface area contributed by atoms with Crippen molar-refractivity contribution in [2.75, 3.05) is 10.0 Å². The molecule has 8 nitrogen and oxygen atoms in total. The van der Waals surface area contributed by atoms with E-state index in [-0.39, 0.29) is 10.8 Å². The van der Waals surface area contributed by atoms with Gasteiger partial charge in [0.2, 0.25) is 0 Å². The van der Waals surface area contributed by atoms with Crippen LogP contribution in [0, 0.1) is 0 Å². The fraction of sp³-hybridized carbons (Fsp3) is 0. The van der Waals surface area contributed by atoms with Crippen molar-refractivity contribution in [2.45, 2.75) is 4.90 Å². The monoisotopic (exact) mass is 425 g/mol. The van der Waals surface area contributed by atoms with E-state index in [1.165, 1.54) is 41.8 Å². The van der Waals surface area contributed by atoms with Gasteiger partial charge in [0.05, 0.1) is 10.6 Å². The second kappa shape index (κ2) is 7.86. The van der Waals surface area contributed by atoms with E-state index < -0.39 is 10.0 Å². The number of hydrogen-bond donors (Lipinski definition) is 2. The number of hydrogen-bond acceptors (Lipinski definition) is 6. The van der Waals surface area contributed by atoms with Crippen molar-refractivity contribution in [1.29, 1.82) is 0 Å². The molecule has 0 atom stereocenters. The molecule has 2 aromatic heterocycles. The Balaban J connectivity index is 1.44. The Kier molecular flexibility index (Phi) is 5.10. The number of nitrogens with one attached hydrogen (secondary N) is 2. The summed E-state index contributed by atoms with van der Waals surface area (Å²) in [6, 6.07) is 14.7. The molecular formula is C19H15N5O3S2. The van der Waals surface area contributed by atoms with Gasteiger partial charge in [-0.25, -0.2) is 18.1 Å². The maximum absolute atomic E-state index is 12.4. The van der Waals surface area contributed by atoms with Gasteiger partial charge in [0.1, 0.15) is 0 Å². The van der Waals surface area contributed by atoms with E-state index in [1.54, 1.807) is 40.5 Å². The second-order valence-corrected chi connectivity index (χ2v) is 8.50. The molecule has 0 saturated heterocycles. The fourth-order valence-electron chi connectivity index (χ4n) is 2.56. The van der Waals surface area contributed by atoms with Crippen LogP contribution in [0.15, 0.2) is 83.5 Å². The largest absolute Gasteiger partial charge is 0.322 e. The highest BCUT2D eigenvalue weighted by Gasteiger charge is 2.15. The summed E-state index contributed by atoms with van der Waals surface area (Å²) in [6.07, 6.45) is 5.01. The zero-order chi connectivity index (χ0) is 20.3. The average Bonchev–Trinajstić information content (AvgIpc) is 3.42. The Labute approximate surface area is 170 Å². The maximum Gasteiger partial charge on any atom is 0.263 e. The zero-order valence-electron chi connectivity index (χ0n) is 14.9. The molecule has 0 aliphatic carbocycles. The third-order valence-electron chi connectivity index (χ3n) is 3.97. The molecule has 146 valence electrons. The number of amides is 1. The molecule has 0 aliphatic heterocycles. The first kappa shape index (κ1) is 18.8. The fourth-order valence-corrected chi connectivity index (χ4v) is 4.34. The summed E-state index contributed by atoms with van der Waals surface area (Å²) in [5.41, 5.74) is 1.80. The van der Waals surface area contributed by atoms with Crippen LogP contribution in [0.5, 0.6) is 0 Å². The molecule has 2 heterocycles. The molecule has 4 aromatic rings. The molecule has 0 radical (unpaired) electrons. The average molecular weight is 425 g/mol. The van der Waals surface area contributed by atoms with Crippen molar-refractivity contribution in [3.8, 4) is 5.69 Å². The number of rotatable bonds is 6. The van der Waals surface area contributed by atoms with Crippen molar-refractivity contribution >= 4 is 38.1 Å². The van der Waals surface area contributed by atoms with Gasteiger partial charge in [0.25, 0.3) is 15.9 Å². The van der Waals surface area contributed by atoms with Gasteiger partial charge in [-0.2, -0.15) is 5.10 Å². The third-order valence-corrected chi connectivity index (χ3v) is 6.15. The number of anilines is 2. The Morgan fingerprint density at radius 2 is 1.76 bits per heavy atom. The highest BCUT2D eigenvalue weighted by Crippen LogP contribution is 2.20. The summed E-state index contributed by atoms with van der Waals surface area (Å²) in [4.78, 5) is 16.4. The molecule has 0 unspecified atom stereocenters. The minimum atomic E-state index is -3.73. The standard InChI is InChI=1S/C19H15N5O3S2/c25-18(14-2-6-16(7-3-14)24-12-1-10-21-24)22-15-4-8-17(9-5-15)29(26,27)23-19-20-11-13-28-19/h1-13H,(H,20,23)(H,22,25). The third kappa shape index (κ3) is 4.33. The number of thiazole rings is 1. The SMILES string of the molecule is O=C(Nc1ccc(S(=O)(=O)Nc2nccs2)cc1)c1ccc(-n2cccn2)cc1. The number of aromatic nitrogens is 3. The minimum Gasteiger partial charge on any atom is -0.322 e. The van der Waals surface area contributed by atoms with Crippen LogP contribution in [0.25, 0.3) is 5.69 Å². The summed E-state index contributed by atoms with van der Waals surface area (Å²) >= 11 is 1.19. The van der Waals surface area contributed by atoms with Gasteiger partial charge in [-0.3, -0.25) is 9.52 Å². The van der Waals surface area contributed by atoms with Gasteiger partial charge in [-0.1, -0.05) is 0 Å². The number of sulfonamides is 1. The molecule has 0 bridgehead atoms. The van der Waals surface area contributed by atoms with E-state index in [9.17, 15) is 13.2 Å². The predicted octanol–water partition coefficient (Wildman–Crippen LogP) is 3.38. The van der Waals surface area contributed by atoms with E-state index in [2.05, 4.69) is 20.1 Å². The van der Waals surface area contributed by atoms with Gasteiger partial charge in [-0.15, -0.1) is 11.3 Å². The maximum atomic E-state index is 12.4. The van der Waals surface area contributed by atoms with Crippen LogP contribution < -0.4 is 10.0 Å². The summed E-state index contributed by atoms with van der Waals surface area (Å²) in [7, 11) is -3.73. The van der Waals surface area contributed by atoms with E-state index in [1.807, 2.05) is 12.3 Å². The summed E-state index contributed by atoms with van der Waals surface area (Å²) in [5.74, 6) is -0.298. The van der Waals surface area contributed by atoms with Crippen LogP contribution in [-0.4, -0.2) is 29.1 Å². The van der Waals surface area contributed by atoms with Crippen molar-refractivity contribution < 1.29 is 13.2 Å². The molecule has 4 rings (SSSR count). The quantitative estimate of drug-likeness (QED) is 0.493. The predicted molar refractivity (Wildman–Crippen MR) is 111 cm³/mol. The zero-order valence-corrected chi connectivity index (χ0v) is 16.5. The van der Waals surface area contributed by atoms with Crippen molar-refractivity contribution in [2.24, 2.45) is 0 Å². The van der Waals surface area contributed by atoms with Crippen LogP contribution in [-0.2, 0) is 10.0 Å². The van der Waals surface area contributed by atoms with E-state index >= 15 is 0 Å². The molecule has 0 saturated carbocycles. The molecule has 0 fully saturated rings. The summed E-state index contributed by atoms with van der Waals surface area (Å²) < 4.78 is 28.8. The van der Waals surface area contributed by atoms with Crippen molar-refractivity contribution in [3.63, 3.8) is 0 Å². The van der Waals surface area contributed by atoms with E-state index in [0.717, 1.165) is 5.69 Å². The van der Waals surface area contributed by atoms with Crippen LogP contribution in [0.4, 0.5) is 10.8 Å². The summed E-state index contributed by atoms with van der Waals surface area (Å²) in [6.45, 7) is 0. The molecule has 29 heavy (non-hydrogen) atoms. The van der Waals surface area contributed by atoms with Gasteiger partial charge in [-0.05, 0) is 54.6 Å². The lowest BCUT2D eigenvalue weighted by Gasteiger charge is -2.08. The lowest BCUT2D eigenvalue weighted by molar-refractivity contribution is 0.102. The highest BCUT2D eigenvalue weighted by molar-refractivity contribution is 7.93. The first-order valence-electron chi connectivity index (χ1n) is 8.45. The molecule has 0 aliphatic rings. The molecule has 10 heteroatoms. The Morgan fingerprint density at radius 3 is 2.38 bits per heavy atom. The van der Waals surface area contributed by atoms with Crippen molar-refractivity contribution in [3.05, 3.63) is 84.1 Å². The van der Waals surface area contributed by atoms with Gasteiger partial charge < -0.3 is 5.32 Å². The number of benzene rings is 2. The molecule has 1 amide bonds. The lowest BCUT2D eigenvalue weighted by Crippen LogP contribution is -2.14. The molecule has 0 spiro atoms. The number of carbonyl (C=O) groups is 1. The van der Waals surface area contributed by atoms with Crippen LogP contribution in [0.2, 0.25) is 0 Å². The second-order valence-electron chi connectivity index (χ2n) is 5.92. The summed E-state index contributed by atoms with van der Waals surface area (Å²) in [5, 5.41) is 8.86. The van der Waals surface area contributed by atoms with Crippen LogP contribution in [0.1, 0.15) is 10.4 Å². The van der Waals surface area contributed by atoms with Crippen molar-refractivity contribution in [1.82, 2.24) is 14.8 Å². The minimum absolute atomic E-state index is 0.0780. The van der Waals surface area contributed by atoms with Gasteiger partial charge in [0, 0.05) is 35.2 Å². The van der Waals surface area contributed by atoms with Crippen LogP contribution >= 0.6 is 11.3 Å². The molecule has 2 aromatic carbocycles. The van der Waals surface area contributed by atoms with Gasteiger partial charge >= 0.3 is 0 Å². The normalized spacial score (nSPS) is 11.2. The highest BCUT2D eigenvalue weighted by atomic mass is 32.2. The van der Waals surface area contributed by atoms with E-state index in [4.69, 9.17) is 0 Å². The smallest absolute Gasteiger partial charge is 0.263 e. The Hall–Kier alpha value is -3.50. The number of carbonyl (C=O) groups excluding carboxylic acids is 1. The Morgan fingerprint density at radius 1 is 1.00 bits per heavy atom. The van der Waals surface area contributed by atoms with Crippen LogP contribution in [0.3, 0.4) is 0 Å². The number of nitrogens with zero attached hydrogens (tertiary/aromatic N) is 3. The van der Waals surface area contributed by atoms with E-state index in [0.29, 0.717) is 16.4 Å². The molecular weight excluding hydrogens is 410 g/mol. The first-order chi connectivity index (χ1) is 14.0.